The molecule has 0 aliphatic carbocycles. The van der Waals surface area contributed by atoms with Gasteiger partial charge in [-0.3, -0.25) is 4.98 Å². The first kappa shape index (κ1) is 22.4. The van der Waals surface area contributed by atoms with E-state index in [0.717, 1.165) is 16.5 Å². The molecule has 1 aliphatic rings. The van der Waals surface area contributed by atoms with Crippen LogP contribution < -0.4 is 10.2 Å². The number of thiocarbonyl (C=S) groups is 1. The van der Waals surface area contributed by atoms with Crippen molar-refractivity contribution in [3.8, 4) is 5.69 Å². The molecule has 2 atom stereocenters. The summed E-state index contributed by atoms with van der Waals surface area (Å²) in [6.45, 7) is 10.9. The zero-order valence-electron chi connectivity index (χ0n) is 20.3. The maximum atomic E-state index is 5.91. The van der Waals surface area contributed by atoms with Crippen molar-refractivity contribution in [2.45, 2.75) is 46.7 Å². The summed E-state index contributed by atoms with van der Waals surface area (Å²) in [5, 5.41) is 4.31. The van der Waals surface area contributed by atoms with Gasteiger partial charge >= 0.3 is 0 Å². The van der Waals surface area contributed by atoms with Crippen molar-refractivity contribution < 1.29 is 0 Å². The zero-order chi connectivity index (χ0) is 24.0. The standard InChI is InChI=1S/C29H30N4S/c1-18-10-8-12-23(16-18)33-28(27(31-29(33)34)25-13-6-7-15-30-25)24-17-20(3)32(22(24)5)26-14-9-11-19(2)21(26)4/h6-17,27-28H,1-5H3,(H,31,34)/t27-,28+/m1/s1. The summed E-state index contributed by atoms with van der Waals surface area (Å²) in [5.41, 5.74) is 10.8. The number of nitrogens with zero attached hydrogens (tertiary/aromatic N) is 3. The van der Waals surface area contributed by atoms with Crippen LogP contribution in [0.4, 0.5) is 5.69 Å². The molecule has 5 rings (SSSR count). The quantitative estimate of drug-likeness (QED) is 0.344. The van der Waals surface area contributed by atoms with Gasteiger partial charge in [0, 0.05) is 29.0 Å². The largest absolute Gasteiger partial charge is 0.351 e. The van der Waals surface area contributed by atoms with E-state index in [0.29, 0.717) is 0 Å². The van der Waals surface area contributed by atoms with E-state index in [2.05, 4.69) is 104 Å². The first-order chi connectivity index (χ1) is 16.4. The normalized spacial score (nSPS) is 17.8. The average molecular weight is 467 g/mol. The third-order valence-electron chi connectivity index (χ3n) is 6.98. The van der Waals surface area contributed by atoms with E-state index >= 15 is 0 Å². The molecule has 0 radical (unpaired) electrons. The monoisotopic (exact) mass is 466 g/mol. The number of hydrogen-bond acceptors (Lipinski definition) is 2. The van der Waals surface area contributed by atoms with Gasteiger partial charge in [-0.25, -0.2) is 0 Å². The lowest BCUT2D eigenvalue weighted by atomic mass is 9.96. The molecule has 3 heterocycles. The summed E-state index contributed by atoms with van der Waals surface area (Å²) in [7, 11) is 0. The molecule has 0 spiro atoms. The van der Waals surface area contributed by atoms with Crippen LogP contribution in [0.15, 0.2) is 72.9 Å². The second kappa shape index (κ2) is 8.73. The second-order valence-corrected chi connectivity index (χ2v) is 9.60. The van der Waals surface area contributed by atoms with Crippen LogP contribution >= 0.6 is 12.2 Å². The lowest BCUT2D eigenvalue weighted by Crippen LogP contribution is -2.29. The number of pyridine rings is 1. The van der Waals surface area contributed by atoms with E-state index in [1.165, 1.54) is 39.3 Å². The molecule has 34 heavy (non-hydrogen) atoms. The highest BCUT2D eigenvalue weighted by Crippen LogP contribution is 2.44. The minimum atomic E-state index is -0.0539. The maximum Gasteiger partial charge on any atom is 0.174 e. The number of aromatic nitrogens is 2. The van der Waals surface area contributed by atoms with Gasteiger partial charge in [-0.15, -0.1) is 0 Å². The minimum Gasteiger partial charge on any atom is -0.351 e. The Morgan fingerprint density at radius 3 is 2.41 bits per heavy atom. The van der Waals surface area contributed by atoms with E-state index in [1.807, 2.05) is 18.3 Å². The zero-order valence-corrected chi connectivity index (χ0v) is 21.1. The molecule has 0 amide bonds. The summed E-state index contributed by atoms with van der Waals surface area (Å²) in [6, 6.07) is 23.4. The van der Waals surface area contributed by atoms with Crippen molar-refractivity contribution in [2.75, 3.05) is 4.90 Å². The van der Waals surface area contributed by atoms with Crippen LogP contribution in [-0.2, 0) is 0 Å². The average Bonchev–Trinajstić information content (AvgIpc) is 3.32. The Morgan fingerprint density at radius 1 is 0.882 bits per heavy atom. The summed E-state index contributed by atoms with van der Waals surface area (Å²) in [4.78, 5) is 6.96. The third kappa shape index (κ3) is 3.70. The number of rotatable bonds is 4. The molecule has 0 saturated carbocycles. The Balaban J connectivity index is 1.71. The van der Waals surface area contributed by atoms with Crippen molar-refractivity contribution in [3.05, 3.63) is 112 Å². The molecule has 0 bridgehead atoms. The molecular weight excluding hydrogens is 436 g/mol. The molecule has 2 aromatic carbocycles. The molecule has 172 valence electrons. The van der Waals surface area contributed by atoms with Gasteiger partial charge in [0.25, 0.3) is 0 Å². The van der Waals surface area contributed by atoms with E-state index in [-0.39, 0.29) is 12.1 Å². The number of benzene rings is 2. The van der Waals surface area contributed by atoms with Crippen molar-refractivity contribution in [3.63, 3.8) is 0 Å². The third-order valence-corrected chi connectivity index (χ3v) is 7.30. The summed E-state index contributed by atoms with van der Waals surface area (Å²) < 4.78 is 2.38. The van der Waals surface area contributed by atoms with Gasteiger partial charge in [-0.05, 0) is 105 Å². The number of nitrogens with one attached hydrogen (secondary N) is 1. The van der Waals surface area contributed by atoms with Crippen LogP contribution in [0.1, 0.15) is 51.4 Å². The first-order valence-corrected chi connectivity index (χ1v) is 12.1. The molecular formula is C29H30N4S. The van der Waals surface area contributed by atoms with E-state index < -0.39 is 0 Å². The van der Waals surface area contributed by atoms with Crippen molar-refractivity contribution in [2.24, 2.45) is 0 Å². The van der Waals surface area contributed by atoms with Gasteiger partial charge in [0.15, 0.2) is 5.11 Å². The highest BCUT2D eigenvalue weighted by atomic mass is 32.1. The highest BCUT2D eigenvalue weighted by Gasteiger charge is 2.42. The molecule has 1 saturated heterocycles. The van der Waals surface area contributed by atoms with Crippen molar-refractivity contribution in [1.82, 2.24) is 14.9 Å². The van der Waals surface area contributed by atoms with Gasteiger partial charge < -0.3 is 14.8 Å². The van der Waals surface area contributed by atoms with E-state index in [1.54, 1.807) is 0 Å². The Kier molecular flexibility index (Phi) is 5.74. The van der Waals surface area contributed by atoms with Crippen molar-refractivity contribution >= 4 is 23.0 Å². The number of aryl methyl sites for hydroxylation is 3. The van der Waals surface area contributed by atoms with Crippen LogP contribution in [0, 0.1) is 34.6 Å². The lowest BCUT2D eigenvalue weighted by molar-refractivity contribution is 0.565. The molecule has 2 aromatic heterocycles. The van der Waals surface area contributed by atoms with Gasteiger partial charge in [0.1, 0.15) is 0 Å². The summed E-state index contributed by atoms with van der Waals surface area (Å²) >= 11 is 5.91. The fraction of sp³-hybridized carbons (Fsp3) is 0.241. The van der Waals surface area contributed by atoms with Crippen LogP contribution in [0.3, 0.4) is 0 Å². The molecule has 1 fully saturated rings. The summed E-state index contributed by atoms with van der Waals surface area (Å²) in [6.07, 6.45) is 1.85. The minimum absolute atomic E-state index is 0.0192. The van der Waals surface area contributed by atoms with Gasteiger partial charge in [-0.1, -0.05) is 30.3 Å². The molecule has 4 aromatic rings. The smallest absolute Gasteiger partial charge is 0.174 e. The Morgan fingerprint density at radius 2 is 1.68 bits per heavy atom. The van der Waals surface area contributed by atoms with E-state index in [9.17, 15) is 0 Å². The van der Waals surface area contributed by atoms with E-state index in [4.69, 9.17) is 17.2 Å². The first-order valence-electron chi connectivity index (χ1n) is 11.7. The van der Waals surface area contributed by atoms with Crippen LogP contribution in [-0.4, -0.2) is 14.7 Å². The Hall–Kier alpha value is -3.44. The predicted octanol–water partition coefficient (Wildman–Crippen LogP) is 6.59. The van der Waals surface area contributed by atoms with Crippen LogP contribution in [0.2, 0.25) is 0 Å². The fourth-order valence-corrected chi connectivity index (χ4v) is 5.51. The lowest BCUT2D eigenvalue weighted by Gasteiger charge is -2.28. The van der Waals surface area contributed by atoms with Crippen LogP contribution in [0.5, 0.6) is 0 Å². The molecule has 5 heteroatoms. The van der Waals surface area contributed by atoms with Gasteiger partial charge in [0.2, 0.25) is 0 Å². The fourth-order valence-electron chi connectivity index (χ4n) is 5.16. The Labute approximate surface area is 207 Å². The maximum absolute atomic E-state index is 5.91. The van der Waals surface area contributed by atoms with Gasteiger partial charge in [-0.2, -0.15) is 0 Å². The number of hydrogen-bond donors (Lipinski definition) is 1. The topological polar surface area (TPSA) is 33.1 Å². The molecule has 4 nitrogen and oxygen atoms in total. The van der Waals surface area contributed by atoms with Gasteiger partial charge in [0.05, 0.1) is 17.8 Å². The molecule has 0 unspecified atom stereocenters. The summed E-state index contributed by atoms with van der Waals surface area (Å²) in [5.74, 6) is 0. The predicted molar refractivity (Wildman–Crippen MR) is 144 cm³/mol. The molecule has 1 N–H and O–H groups in total. The number of anilines is 1. The van der Waals surface area contributed by atoms with Crippen molar-refractivity contribution in [1.29, 1.82) is 0 Å². The SMILES string of the molecule is Cc1cccc(N2C(=S)N[C@H](c3ccccn3)[C@@H]2c2cc(C)n(-c3cccc(C)c3C)c2C)c1. The molecule has 1 aliphatic heterocycles. The van der Waals surface area contributed by atoms with Crippen LogP contribution in [0.25, 0.3) is 5.69 Å². The Bertz CT molecular complexity index is 1370. The second-order valence-electron chi connectivity index (χ2n) is 9.22. The highest BCUT2D eigenvalue weighted by molar-refractivity contribution is 7.80.